The van der Waals surface area contributed by atoms with Crippen LogP contribution in [0.15, 0.2) is 24.3 Å². The SMILES string of the molecule is N[C@H]1c2ccccc2[C@@H](O)[C@@H](O)[C@@H]1O. The van der Waals surface area contributed by atoms with Gasteiger partial charge in [-0.25, -0.2) is 0 Å². The van der Waals surface area contributed by atoms with E-state index in [1.807, 2.05) is 0 Å². The van der Waals surface area contributed by atoms with Crippen molar-refractivity contribution in [3.63, 3.8) is 0 Å². The van der Waals surface area contributed by atoms with Crippen LogP contribution in [-0.2, 0) is 0 Å². The van der Waals surface area contributed by atoms with Crippen molar-refractivity contribution < 1.29 is 15.3 Å². The van der Waals surface area contributed by atoms with Crippen molar-refractivity contribution in [2.75, 3.05) is 0 Å². The molecule has 0 aromatic heterocycles. The molecule has 14 heavy (non-hydrogen) atoms. The maximum atomic E-state index is 9.65. The van der Waals surface area contributed by atoms with Gasteiger partial charge in [0.25, 0.3) is 0 Å². The molecule has 0 unspecified atom stereocenters. The van der Waals surface area contributed by atoms with Crippen LogP contribution in [0.3, 0.4) is 0 Å². The van der Waals surface area contributed by atoms with Crippen LogP contribution < -0.4 is 5.73 Å². The summed E-state index contributed by atoms with van der Waals surface area (Å²) in [6, 6.07) is 6.37. The summed E-state index contributed by atoms with van der Waals surface area (Å²) in [6.45, 7) is 0. The van der Waals surface area contributed by atoms with Gasteiger partial charge in [0.1, 0.15) is 18.3 Å². The van der Waals surface area contributed by atoms with Crippen LogP contribution in [-0.4, -0.2) is 27.5 Å². The van der Waals surface area contributed by atoms with Gasteiger partial charge in [-0.2, -0.15) is 0 Å². The van der Waals surface area contributed by atoms with Gasteiger partial charge in [-0.3, -0.25) is 0 Å². The fraction of sp³-hybridized carbons (Fsp3) is 0.400. The van der Waals surface area contributed by atoms with Gasteiger partial charge in [0.05, 0.1) is 6.04 Å². The van der Waals surface area contributed by atoms with Crippen LogP contribution in [0.25, 0.3) is 0 Å². The summed E-state index contributed by atoms with van der Waals surface area (Å²) >= 11 is 0. The second-order valence-corrected chi connectivity index (χ2v) is 3.58. The van der Waals surface area contributed by atoms with Gasteiger partial charge in [-0.15, -0.1) is 0 Å². The topological polar surface area (TPSA) is 86.7 Å². The lowest BCUT2D eigenvalue weighted by atomic mass is 9.82. The van der Waals surface area contributed by atoms with Crippen LogP contribution in [0.4, 0.5) is 0 Å². The second-order valence-electron chi connectivity index (χ2n) is 3.58. The number of aliphatic hydroxyl groups excluding tert-OH is 3. The number of rotatable bonds is 0. The fourth-order valence-electron chi connectivity index (χ4n) is 1.85. The first-order valence-electron chi connectivity index (χ1n) is 4.51. The summed E-state index contributed by atoms with van der Waals surface area (Å²) in [7, 11) is 0. The van der Waals surface area contributed by atoms with Crippen molar-refractivity contribution in [1.29, 1.82) is 0 Å². The number of hydrogen-bond acceptors (Lipinski definition) is 4. The van der Waals surface area contributed by atoms with Gasteiger partial charge in [0, 0.05) is 0 Å². The predicted octanol–water partition coefficient (Wildman–Crippen LogP) is -0.545. The summed E-state index contributed by atoms with van der Waals surface area (Å²) in [5.74, 6) is 0. The van der Waals surface area contributed by atoms with Gasteiger partial charge in [-0.05, 0) is 11.1 Å². The molecule has 4 atom stereocenters. The number of benzene rings is 1. The minimum atomic E-state index is -1.21. The van der Waals surface area contributed by atoms with Crippen LogP contribution in [0.5, 0.6) is 0 Å². The quantitative estimate of drug-likeness (QED) is 0.447. The van der Waals surface area contributed by atoms with Crippen LogP contribution in [0, 0.1) is 0 Å². The highest BCUT2D eigenvalue weighted by Gasteiger charge is 2.38. The molecule has 0 spiro atoms. The Morgan fingerprint density at radius 1 is 0.929 bits per heavy atom. The lowest BCUT2D eigenvalue weighted by Crippen LogP contribution is -2.44. The molecule has 0 amide bonds. The fourth-order valence-corrected chi connectivity index (χ4v) is 1.85. The van der Waals surface area contributed by atoms with Crippen molar-refractivity contribution in [2.24, 2.45) is 5.73 Å². The molecule has 1 aliphatic rings. The van der Waals surface area contributed by atoms with Crippen molar-refractivity contribution in [2.45, 2.75) is 24.4 Å². The number of aliphatic hydroxyl groups is 3. The largest absolute Gasteiger partial charge is 0.388 e. The average molecular weight is 195 g/mol. The zero-order chi connectivity index (χ0) is 10.3. The summed E-state index contributed by atoms with van der Waals surface area (Å²) in [4.78, 5) is 0. The van der Waals surface area contributed by atoms with Crippen LogP contribution in [0.1, 0.15) is 23.3 Å². The molecule has 0 radical (unpaired) electrons. The highest BCUT2D eigenvalue weighted by Crippen LogP contribution is 2.34. The van der Waals surface area contributed by atoms with Crippen LogP contribution in [0.2, 0.25) is 0 Å². The van der Waals surface area contributed by atoms with Gasteiger partial charge < -0.3 is 21.1 Å². The zero-order valence-corrected chi connectivity index (χ0v) is 7.54. The van der Waals surface area contributed by atoms with E-state index in [0.717, 1.165) is 0 Å². The maximum absolute atomic E-state index is 9.65. The maximum Gasteiger partial charge on any atom is 0.112 e. The molecule has 76 valence electrons. The van der Waals surface area contributed by atoms with E-state index in [0.29, 0.717) is 11.1 Å². The molecule has 0 bridgehead atoms. The Labute approximate surface area is 81.6 Å². The van der Waals surface area contributed by atoms with E-state index >= 15 is 0 Å². The van der Waals surface area contributed by atoms with Gasteiger partial charge in [0.2, 0.25) is 0 Å². The Morgan fingerprint density at radius 2 is 1.50 bits per heavy atom. The third kappa shape index (κ3) is 1.24. The molecule has 4 nitrogen and oxygen atoms in total. The number of nitrogens with two attached hydrogens (primary N) is 1. The molecule has 2 rings (SSSR count). The van der Waals surface area contributed by atoms with Crippen molar-refractivity contribution in [1.82, 2.24) is 0 Å². The minimum absolute atomic E-state index is 0.595. The molecule has 4 heteroatoms. The first-order chi connectivity index (χ1) is 6.63. The molecule has 1 aliphatic carbocycles. The summed E-state index contributed by atoms with van der Waals surface area (Å²) in [5.41, 5.74) is 7.01. The minimum Gasteiger partial charge on any atom is -0.388 e. The third-order valence-corrected chi connectivity index (χ3v) is 2.72. The standard InChI is InChI=1S/C10H13NO3/c11-7-5-3-1-2-4-6(5)8(12)10(14)9(7)13/h1-4,7-10,12-14H,11H2/t7-,8+,9+,10+/m0/s1. The first-order valence-corrected chi connectivity index (χ1v) is 4.51. The summed E-state index contributed by atoms with van der Waals surface area (Å²) in [5, 5.41) is 28.7. The number of fused-ring (bicyclic) bond motifs is 1. The van der Waals surface area contributed by atoms with E-state index in [-0.39, 0.29) is 0 Å². The molecule has 0 saturated carbocycles. The van der Waals surface area contributed by atoms with Crippen molar-refractivity contribution in [3.05, 3.63) is 35.4 Å². The van der Waals surface area contributed by atoms with E-state index in [1.165, 1.54) is 0 Å². The number of hydrogen-bond donors (Lipinski definition) is 4. The molecular weight excluding hydrogens is 182 g/mol. The smallest absolute Gasteiger partial charge is 0.112 e. The zero-order valence-electron chi connectivity index (χ0n) is 7.54. The molecule has 1 aromatic rings. The van der Waals surface area contributed by atoms with Crippen molar-refractivity contribution >= 4 is 0 Å². The van der Waals surface area contributed by atoms with Gasteiger partial charge in [0.15, 0.2) is 0 Å². The highest BCUT2D eigenvalue weighted by atomic mass is 16.4. The van der Waals surface area contributed by atoms with Crippen molar-refractivity contribution in [3.8, 4) is 0 Å². The molecule has 5 N–H and O–H groups in total. The van der Waals surface area contributed by atoms with E-state index in [2.05, 4.69) is 0 Å². The third-order valence-electron chi connectivity index (χ3n) is 2.72. The van der Waals surface area contributed by atoms with Gasteiger partial charge in [-0.1, -0.05) is 24.3 Å². The Bertz CT molecular complexity index is 309. The Hall–Kier alpha value is -0.940. The summed E-state index contributed by atoms with van der Waals surface area (Å²) in [6.07, 6.45) is -3.37. The lowest BCUT2D eigenvalue weighted by molar-refractivity contribution is -0.0797. The predicted molar refractivity (Wildman–Crippen MR) is 50.3 cm³/mol. The molecule has 1 aromatic carbocycles. The Kier molecular flexibility index (Phi) is 2.28. The molecule has 0 heterocycles. The molecular formula is C10H13NO3. The molecule has 0 aliphatic heterocycles. The van der Waals surface area contributed by atoms with E-state index in [1.54, 1.807) is 24.3 Å². The monoisotopic (exact) mass is 195 g/mol. The summed E-state index contributed by atoms with van der Waals surface area (Å²) < 4.78 is 0. The molecule has 0 saturated heterocycles. The van der Waals surface area contributed by atoms with Crippen LogP contribution >= 0.6 is 0 Å². The van der Waals surface area contributed by atoms with E-state index < -0.39 is 24.4 Å². The van der Waals surface area contributed by atoms with E-state index in [9.17, 15) is 15.3 Å². The lowest BCUT2D eigenvalue weighted by Gasteiger charge is -2.35. The normalized spacial score (nSPS) is 36.6. The van der Waals surface area contributed by atoms with E-state index in [4.69, 9.17) is 5.73 Å². The average Bonchev–Trinajstić information content (AvgIpc) is 2.23. The highest BCUT2D eigenvalue weighted by molar-refractivity contribution is 5.36. The second kappa shape index (κ2) is 3.33. The molecule has 0 fully saturated rings. The Balaban J connectivity index is 2.51. The van der Waals surface area contributed by atoms with Gasteiger partial charge >= 0.3 is 0 Å². The Morgan fingerprint density at radius 3 is 2.14 bits per heavy atom. The first kappa shape index (κ1) is 9.61.